The van der Waals surface area contributed by atoms with Gasteiger partial charge in [-0.25, -0.2) is 8.42 Å². The minimum Gasteiger partial charge on any atom is -0.431 e. The summed E-state index contributed by atoms with van der Waals surface area (Å²) in [7, 11) is -3.80. The molecular formula is C11H7Cl2F2NO3S. The van der Waals surface area contributed by atoms with Crippen molar-refractivity contribution >= 4 is 33.0 Å². The summed E-state index contributed by atoms with van der Waals surface area (Å²) in [6, 6.07) is 5.70. The molecule has 0 fully saturated rings. The molecule has 0 aliphatic rings. The van der Waals surface area contributed by atoms with E-state index in [1.54, 1.807) is 0 Å². The maximum atomic E-state index is 13.1. The molecule has 1 aromatic rings. The van der Waals surface area contributed by atoms with Crippen LogP contribution in [0.1, 0.15) is 0 Å². The minimum absolute atomic E-state index is 0.173. The Morgan fingerprint density at radius 1 is 1.30 bits per heavy atom. The fourth-order valence-electron chi connectivity index (χ4n) is 1.10. The predicted octanol–water partition coefficient (Wildman–Crippen LogP) is 3.27. The highest BCUT2D eigenvalue weighted by Crippen LogP contribution is 2.30. The Bertz CT molecular complexity index is 637. The number of allylic oxidation sites excluding steroid dienone is 1. The molecule has 0 aliphatic carbocycles. The van der Waals surface area contributed by atoms with Crippen LogP contribution in [-0.4, -0.2) is 19.4 Å². The lowest BCUT2D eigenvalue weighted by atomic mass is 10.3. The van der Waals surface area contributed by atoms with Gasteiger partial charge < -0.3 is 4.74 Å². The number of hydrogen-bond donors (Lipinski definition) is 0. The average molecular weight is 342 g/mol. The molecule has 9 heteroatoms. The van der Waals surface area contributed by atoms with Crippen molar-refractivity contribution in [3.05, 3.63) is 35.7 Å². The molecule has 0 unspecified atom stereocenters. The summed E-state index contributed by atoms with van der Waals surface area (Å²) < 4.78 is 53.7. The first kappa shape index (κ1) is 16.7. The quantitative estimate of drug-likeness (QED) is 0.608. The predicted molar refractivity (Wildman–Crippen MR) is 69.4 cm³/mol. The van der Waals surface area contributed by atoms with Crippen LogP contribution in [0.4, 0.5) is 8.78 Å². The van der Waals surface area contributed by atoms with Gasteiger partial charge in [-0.1, -0.05) is 23.2 Å². The average Bonchev–Trinajstić information content (AvgIpc) is 2.36. The SMILES string of the molecule is N#CC=CS(=O)(=O)c1ccc(OC(F)(F)C(Cl)Cl)cc1. The molecule has 0 N–H and O–H groups in total. The van der Waals surface area contributed by atoms with Crippen molar-refractivity contribution in [1.29, 1.82) is 5.26 Å². The first-order valence-electron chi connectivity index (χ1n) is 4.95. The summed E-state index contributed by atoms with van der Waals surface area (Å²) in [6.45, 7) is 0. The van der Waals surface area contributed by atoms with Gasteiger partial charge in [-0.3, -0.25) is 0 Å². The summed E-state index contributed by atoms with van der Waals surface area (Å²) >= 11 is 10.1. The van der Waals surface area contributed by atoms with Crippen LogP contribution in [0.25, 0.3) is 0 Å². The maximum absolute atomic E-state index is 13.1. The molecule has 0 saturated heterocycles. The first-order chi connectivity index (χ1) is 9.19. The van der Waals surface area contributed by atoms with Gasteiger partial charge in [-0.05, 0) is 24.3 Å². The molecule has 0 aromatic heterocycles. The molecule has 0 saturated carbocycles. The zero-order chi connectivity index (χ0) is 15.4. The Hall–Kier alpha value is -1.36. The first-order valence-corrected chi connectivity index (χ1v) is 7.37. The van der Waals surface area contributed by atoms with E-state index >= 15 is 0 Å². The Morgan fingerprint density at radius 3 is 2.30 bits per heavy atom. The van der Waals surface area contributed by atoms with Crippen LogP contribution < -0.4 is 4.74 Å². The van der Waals surface area contributed by atoms with Crippen molar-refractivity contribution in [1.82, 2.24) is 0 Å². The summed E-state index contributed by atoms with van der Waals surface area (Å²) in [5, 5.41) is 8.97. The number of alkyl halides is 4. The molecule has 0 spiro atoms. The van der Waals surface area contributed by atoms with E-state index < -0.39 is 20.8 Å². The molecule has 0 atom stereocenters. The highest BCUT2D eigenvalue weighted by Gasteiger charge is 2.40. The van der Waals surface area contributed by atoms with Gasteiger partial charge in [0.1, 0.15) is 5.75 Å². The third-order valence-corrected chi connectivity index (χ3v) is 3.91. The number of sulfone groups is 1. The van der Waals surface area contributed by atoms with Gasteiger partial charge >= 0.3 is 6.11 Å². The topological polar surface area (TPSA) is 67.2 Å². The van der Waals surface area contributed by atoms with Crippen LogP contribution in [0.3, 0.4) is 0 Å². The number of rotatable bonds is 5. The Kier molecular flexibility index (Phi) is 5.34. The lowest BCUT2D eigenvalue weighted by Gasteiger charge is -2.18. The van der Waals surface area contributed by atoms with Crippen LogP contribution in [0.5, 0.6) is 5.75 Å². The van der Waals surface area contributed by atoms with E-state index in [0.29, 0.717) is 5.41 Å². The zero-order valence-electron chi connectivity index (χ0n) is 9.63. The molecule has 0 heterocycles. The van der Waals surface area contributed by atoms with Crippen LogP contribution in [0.2, 0.25) is 0 Å². The Labute approximate surface area is 124 Å². The Balaban J connectivity index is 2.96. The molecule has 1 aromatic carbocycles. The monoisotopic (exact) mass is 341 g/mol. The normalized spacial score (nSPS) is 12.6. The second kappa shape index (κ2) is 6.39. The molecule has 20 heavy (non-hydrogen) atoms. The van der Waals surface area contributed by atoms with Gasteiger partial charge in [0, 0.05) is 11.5 Å². The Morgan fingerprint density at radius 2 is 1.85 bits per heavy atom. The van der Waals surface area contributed by atoms with E-state index in [1.807, 2.05) is 0 Å². The van der Waals surface area contributed by atoms with Crippen molar-refractivity contribution in [2.75, 3.05) is 0 Å². The van der Waals surface area contributed by atoms with Crippen molar-refractivity contribution in [3.63, 3.8) is 0 Å². The summed E-state index contributed by atoms with van der Waals surface area (Å²) in [4.78, 5) is -2.24. The van der Waals surface area contributed by atoms with Gasteiger partial charge in [-0.15, -0.1) is 0 Å². The van der Waals surface area contributed by atoms with E-state index in [9.17, 15) is 17.2 Å². The van der Waals surface area contributed by atoms with Crippen molar-refractivity contribution < 1.29 is 21.9 Å². The maximum Gasteiger partial charge on any atom is 0.428 e. The summed E-state index contributed by atoms with van der Waals surface area (Å²) in [5.41, 5.74) is 0. The largest absolute Gasteiger partial charge is 0.431 e. The lowest BCUT2D eigenvalue weighted by Crippen LogP contribution is -2.32. The van der Waals surface area contributed by atoms with Gasteiger partial charge in [0.15, 0.2) is 0 Å². The van der Waals surface area contributed by atoms with Crippen molar-refractivity contribution in [2.45, 2.75) is 15.8 Å². The molecule has 1 rings (SSSR count). The second-order valence-corrected chi connectivity index (χ2v) is 6.34. The molecule has 0 amide bonds. The number of nitriles is 1. The number of ether oxygens (including phenoxy) is 1. The second-order valence-electron chi connectivity index (χ2n) is 3.41. The van der Waals surface area contributed by atoms with Crippen molar-refractivity contribution in [2.24, 2.45) is 0 Å². The molecule has 4 nitrogen and oxygen atoms in total. The van der Waals surface area contributed by atoms with Gasteiger partial charge in [0.2, 0.25) is 14.7 Å². The van der Waals surface area contributed by atoms with Crippen LogP contribution >= 0.6 is 23.2 Å². The zero-order valence-corrected chi connectivity index (χ0v) is 12.0. The van der Waals surface area contributed by atoms with Gasteiger partial charge in [0.25, 0.3) is 0 Å². The highest BCUT2D eigenvalue weighted by molar-refractivity contribution is 7.94. The third-order valence-electron chi connectivity index (χ3n) is 1.98. The summed E-state index contributed by atoms with van der Waals surface area (Å²) in [5.74, 6) is -0.301. The van der Waals surface area contributed by atoms with Gasteiger partial charge in [-0.2, -0.15) is 14.0 Å². The number of nitrogens with zero attached hydrogens (tertiary/aromatic N) is 1. The molecule has 0 radical (unpaired) electrons. The number of halogens is 4. The van der Waals surface area contributed by atoms with E-state index in [4.69, 9.17) is 28.5 Å². The van der Waals surface area contributed by atoms with Crippen LogP contribution in [0, 0.1) is 11.3 Å². The molecule has 0 bridgehead atoms. The van der Waals surface area contributed by atoms with Gasteiger partial charge in [0.05, 0.1) is 11.0 Å². The summed E-state index contributed by atoms with van der Waals surface area (Å²) in [6.07, 6.45) is -3.01. The minimum atomic E-state index is -3.80. The smallest absolute Gasteiger partial charge is 0.428 e. The van der Waals surface area contributed by atoms with Crippen LogP contribution in [-0.2, 0) is 9.84 Å². The van der Waals surface area contributed by atoms with E-state index in [-0.39, 0.29) is 10.6 Å². The third kappa shape index (κ3) is 4.34. The van der Waals surface area contributed by atoms with Crippen LogP contribution in [0.15, 0.2) is 40.6 Å². The highest BCUT2D eigenvalue weighted by atomic mass is 35.5. The fraction of sp³-hybridized carbons (Fsp3) is 0.182. The van der Waals surface area contributed by atoms with E-state index in [1.165, 1.54) is 6.07 Å². The van der Waals surface area contributed by atoms with E-state index in [0.717, 1.165) is 30.3 Å². The number of hydrogen-bond acceptors (Lipinski definition) is 4. The molecular weight excluding hydrogens is 335 g/mol. The number of benzene rings is 1. The fourth-order valence-corrected chi connectivity index (χ4v) is 2.10. The standard InChI is InChI=1S/C11H7Cl2F2NO3S/c12-10(13)11(14,15)19-8-2-4-9(5-3-8)20(17,18)7-1-6-16/h1-5,7,10H. The lowest BCUT2D eigenvalue weighted by molar-refractivity contribution is -0.163. The van der Waals surface area contributed by atoms with E-state index in [2.05, 4.69) is 4.74 Å². The molecule has 0 aliphatic heterocycles. The van der Waals surface area contributed by atoms with Crippen molar-refractivity contribution in [3.8, 4) is 11.8 Å². The molecule has 108 valence electrons.